The van der Waals surface area contributed by atoms with Crippen LogP contribution in [0.1, 0.15) is 74.9 Å². The first-order valence-corrected chi connectivity index (χ1v) is 13.4. The van der Waals surface area contributed by atoms with Crippen LogP contribution in [0, 0.1) is 0 Å². The van der Waals surface area contributed by atoms with Crippen molar-refractivity contribution < 1.29 is 18.3 Å². The Morgan fingerprint density at radius 3 is 2.66 bits per heavy atom. The summed E-state index contributed by atoms with van der Waals surface area (Å²) in [6.07, 6.45) is 1.84. The molecule has 0 atom stereocenters. The van der Waals surface area contributed by atoms with Crippen LogP contribution in [0.3, 0.4) is 0 Å². The van der Waals surface area contributed by atoms with E-state index in [1.807, 2.05) is 31.7 Å². The molecule has 3 aliphatic rings. The standard InChI is InChI=1S/C26H34F2N4O2S/c1-26(2,3)35-25(33)30-12-8-21-20(16-30)24(29-32(21)19-9-13-34-14-10-19)31-11-4-5-17-6-7-18(23(27)28)15-22(17)31/h6-7,15,19,23H,4-5,8-14,16H2,1-3H3. The number of alkyl halides is 2. The lowest BCUT2D eigenvalue weighted by Gasteiger charge is -2.33. The Kier molecular flexibility index (Phi) is 6.83. The third kappa shape index (κ3) is 5.07. The van der Waals surface area contributed by atoms with E-state index in [1.165, 1.54) is 23.5 Å². The van der Waals surface area contributed by atoms with Crippen molar-refractivity contribution in [2.45, 2.75) is 76.6 Å². The van der Waals surface area contributed by atoms with Crippen molar-refractivity contribution in [3.63, 3.8) is 0 Å². The van der Waals surface area contributed by atoms with Gasteiger partial charge >= 0.3 is 0 Å². The monoisotopic (exact) mass is 504 g/mol. The number of carbonyl (C=O) groups excluding carboxylic acids is 1. The van der Waals surface area contributed by atoms with E-state index >= 15 is 0 Å². The summed E-state index contributed by atoms with van der Waals surface area (Å²) < 4.78 is 34.7. The van der Waals surface area contributed by atoms with Crippen molar-refractivity contribution in [3.05, 3.63) is 40.6 Å². The van der Waals surface area contributed by atoms with E-state index in [4.69, 9.17) is 9.84 Å². The predicted molar refractivity (Wildman–Crippen MR) is 135 cm³/mol. The number of aromatic nitrogens is 2. The Balaban J connectivity index is 1.55. The molecule has 0 bridgehead atoms. The quantitative estimate of drug-likeness (QED) is 0.493. The maximum atomic E-state index is 13.6. The summed E-state index contributed by atoms with van der Waals surface area (Å²) in [5, 5.41) is 5.21. The van der Waals surface area contributed by atoms with Gasteiger partial charge in [-0.1, -0.05) is 44.7 Å². The fourth-order valence-corrected chi connectivity index (χ4v) is 6.12. The molecule has 1 fully saturated rings. The molecule has 4 heterocycles. The van der Waals surface area contributed by atoms with Crippen LogP contribution in [0.5, 0.6) is 0 Å². The molecule has 1 saturated heterocycles. The number of nitrogens with zero attached hydrogens (tertiary/aromatic N) is 4. The van der Waals surface area contributed by atoms with Crippen LogP contribution in [0.2, 0.25) is 0 Å². The summed E-state index contributed by atoms with van der Waals surface area (Å²) in [7, 11) is 0. The van der Waals surface area contributed by atoms with Gasteiger partial charge in [0.15, 0.2) is 5.82 Å². The van der Waals surface area contributed by atoms with Crippen LogP contribution in [-0.4, -0.2) is 51.0 Å². The van der Waals surface area contributed by atoms with Gasteiger partial charge in [-0.15, -0.1) is 0 Å². The van der Waals surface area contributed by atoms with Gasteiger partial charge in [-0.25, -0.2) is 8.78 Å². The van der Waals surface area contributed by atoms with Crippen molar-refractivity contribution >= 4 is 28.5 Å². The highest BCUT2D eigenvalue weighted by Gasteiger charge is 2.35. The van der Waals surface area contributed by atoms with Crippen LogP contribution in [0.25, 0.3) is 0 Å². The molecule has 0 unspecified atom stereocenters. The molecule has 1 aromatic heterocycles. The van der Waals surface area contributed by atoms with Gasteiger partial charge in [-0.2, -0.15) is 5.10 Å². The van der Waals surface area contributed by atoms with Crippen LogP contribution >= 0.6 is 11.8 Å². The number of carbonyl (C=O) groups is 1. The molecule has 0 saturated carbocycles. The van der Waals surface area contributed by atoms with Crippen molar-refractivity contribution in [3.8, 4) is 0 Å². The average molecular weight is 505 g/mol. The highest BCUT2D eigenvalue weighted by Crippen LogP contribution is 2.41. The van der Waals surface area contributed by atoms with Gasteiger partial charge in [-0.05, 0) is 37.3 Å². The van der Waals surface area contributed by atoms with Gasteiger partial charge in [0, 0.05) is 60.0 Å². The number of rotatable bonds is 3. The maximum absolute atomic E-state index is 13.6. The van der Waals surface area contributed by atoms with Crippen LogP contribution in [0.4, 0.5) is 25.1 Å². The van der Waals surface area contributed by atoms with E-state index in [0.29, 0.717) is 26.3 Å². The molecule has 5 rings (SSSR count). The molecule has 9 heteroatoms. The zero-order valence-corrected chi connectivity index (χ0v) is 21.5. The number of benzene rings is 1. The molecule has 0 radical (unpaired) electrons. The van der Waals surface area contributed by atoms with E-state index in [-0.39, 0.29) is 21.6 Å². The minimum Gasteiger partial charge on any atom is -0.381 e. The van der Waals surface area contributed by atoms with Gasteiger partial charge in [0.25, 0.3) is 11.7 Å². The highest BCUT2D eigenvalue weighted by atomic mass is 32.2. The number of ether oxygens (including phenoxy) is 1. The Bertz CT molecular complexity index is 1090. The number of hydrogen-bond donors (Lipinski definition) is 0. The number of halogens is 2. The first-order chi connectivity index (χ1) is 16.7. The molecule has 1 amide bonds. The number of fused-ring (bicyclic) bond motifs is 2. The number of hydrogen-bond acceptors (Lipinski definition) is 5. The minimum atomic E-state index is -2.51. The lowest BCUT2D eigenvalue weighted by molar-refractivity contribution is 0.0652. The van der Waals surface area contributed by atoms with Gasteiger partial charge < -0.3 is 14.5 Å². The van der Waals surface area contributed by atoms with E-state index in [2.05, 4.69) is 9.58 Å². The zero-order valence-electron chi connectivity index (χ0n) is 20.7. The maximum Gasteiger partial charge on any atom is 0.282 e. The van der Waals surface area contributed by atoms with E-state index in [1.54, 1.807) is 6.07 Å². The molecule has 6 nitrogen and oxygen atoms in total. The van der Waals surface area contributed by atoms with E-state index < -0.39 is 6.43 Å². The van der Waals surface area contributed by atoms with Gasteiger partial charge in [-0.3, -0.25) is 9.48 Å². The molecule has 0 N–H and O–H groups in total. The first-order valence-electron chi connectivity index (χ1n) is 12.6. The molecule has 1 aromatic carbocycles. The van der Waals surface area contributed by atoms with Crippen LogP contribution in [0.15, 0.2) is 18.2 Å². The van der Waals surface area contributed by atoms with Crippen LogP contribution < -0.4 is 4.90 Å². The summed E-state index contributed by atoms with van der Waals surface area (Å²) in [5.41, 5.74) is 4.16. The topological polar surface area (TPSA) is 50.6 Å². The Labute approximate surface area is 210 Å². The fraction of sp³-hybridized carbons (Fsp3) is 0.615. The van der Waals surface area contributed by atoms with Gasteiger partial charge in [0.1, 0.15) is 0 Å². The molecular weight excluding hydrogens is 470 g/mol. The summed E-state index contributed by atoms with van der Waals surface area (Å²) in [5.74, 6) is 0.817. The highest BCUT2D eigenvalue weighted by molar-refractivity contribution is 8.14. The van der Waals surface area contributed by atoms with Gasteiger partial charge in [0.2, 0.25) is 0 Å². The third-order valence-corrected chi connectivity index (χ3v) is 8.03. The second-order valence-corrected chi connectivity index (χ2v) is 12.4. The second-order valence-electron chi connectivity index (χ2n) is 10.6. The lowest BCUT2D eigenvalue weighted by atomic mass is 9.98. The fourth-order valence-electron chi connectivity index (χ4n) is 5.31. The molecule has 2 aromatic rings. The minimum absolute atomic E-state index is 0.0340. The summed E-state index contributed by atoms with van der Waals surface area (Å²) in [6, 6.07) is 5.25. The smallest absolute Gasteiger partial charge is 0.282 e. The Morgan fingerprint density at radius 1 is 1.17 bits per heavy atom. The van der Waals surface area contributed by atoms with Crippen molar-refractivity contribution in [1.29, 1.82) is 0 Å². The van der Waals surface area contributed by atoms with Crippen molar-refractivity contribution in [1.82, 2.24) is 14.7 Å². The number of amides is 1. The summed E-state index contributed by atoms with van der Waals surface area (Å²) in [6.45, 7) is 9.45. The predicted octanol–water partition coefficient (Wildman–Crippen LogP) is 6.27. The second kappa shape index (κ2) is 9.73. The molecular formula is C26H34F2N4O2S. The lowest BCUT2D eigenvalue weighted by Crippen LogP contribution is -2.36. The summed E-state index contributed by atoms with van der Waals surface area (Å²) >= 11 is 1.35. The first kappa shape index (κ1) is 24.6. The average Bonchev–Trinajstić information content (AvgIpc) is 3.21. The Hall–Kier alpha value is -2.13. The summed E-state index contributed by atoms with van der Waals surface area (Å²) in [4.78, 5) is 17.1. The Morgan fingerprint density at radius 2 is 1.94 bits per heavy atom. The van der Waals surface area contributed by atoms with E-state index in [0.717, 1.165) is 61.3 Å². The molecule has 3 aliphatic heterocycles. The molecule has 190 valence electrons. The van der Waals surface area contributed by atoms with Crippen LogP contribution in [-0.2, 0) is 24.1 Å². The van der Waals surface area contributed by atoms with Crippen molar-refractivity contribution in [2.24, 2.45) is 0 Å². The largest absolute Gasteiger partial charge is 0.381 e. The van der Waals surface area contributed by atoms with Crippen molar-refractivity contribution in [2.75, 3.05) is 31.2 Å². The van der Waals surface area contributed by atoms with E-state index in [9.17, 15) is 13.6 Å². The number of aryl methyl sites for hydroxylation is 1. The third-order valence-electron chi connectivity index (χ3n) is 6.99. The van der Waals surface area contributed by atoms with Gasteiger partial charge in [0.05, 0.1) is 12.6 Å². The normalized spacial score (nSPS) is 19.1. The molecule has 35 heavy (non-hydrogen) atoms. The number of anilines is 2. The zero-order chi connectivity index (χ0) is 24.7. The number of thioether (sulfide) groups is 1. The SMILES string of the molecule is CC(C)(C)SC(=O)N1CCc2c(c(N3CCCc4ccc(C(F)F)cc43)nn2C2CCOCC2)C1. The molecule has 0 aliphatic carbocycles. The molecule has 0 spiro atoms.